The van der Waals surface area contributed by atoms with Crippen LogP contribution in [0.3, 0.4) is 0 Å². The second-order valence-electron chi connectivity index (χ2n) is 4.46. The first kappa shape index (κ1) is 10.6. The summed E-state index contributed by atoms with van der Waals surface area (Å²) in [6.07, 6.45) is 5.38. The van der Waals surface area contributed by atoms with Gasteiger partial charge in [-0.15, -0.1) is 10.2 Å². The van der Waals surface area contributed by atoms with Crippen molar-refractivity contribution in [1.82, 2.24) is 20.1 Å². The predicted octanol–water partition coefficient (Wildman–Crippen LogP) is 1.54. The number of nitrogens with zero attached hydrogens (tertiary/aromatic N) is 3. The molecule has 0 spiro atoms. The third kappa shape index (κ3) is 2.37. The molecule has 1 aromatic heterocycles. The molecule has 2 heterocycles. The van der Waals surface area contributed by atoms with Crippen LogP contribution in [0, 0.1) is 0 Å². The molecule has 2 unspecified atom stereocenters. The van der Waals surface area contributed by atoms with Crippen LogP contribution in [0.1, 0.15) is 44.9 Å². The van der Waals surface area contributed by atoms with Gasteiger partial charge in [0.15, 0.2) is 0 Å². The first-order valence-electron chi connectivity index (χ1n) is 5.92. The Balaban J connectivity index is 2.10. The molecule has 1 fully saturated rings. The van der Waals surface area contributed by atoms with Crippen LogP contribution in [-0.4, -0.2) is 27.4 Å². The van der Waals surface area contributed by atoms with E-state index in [0.717, 1.165) is 19.5 Å². The molecular formula is C11H20N4. The summed E-state index contributed by atoms with van der Waals surface area (Å²) in [6, 6.07) is 0.607. The fourth-order valence-corrected chi connectivity index (χ4v) is 2.36. The van der Waals surface area contributed by atoms with E-state index in [9.17, 15) is 0 Å². The van der Waals surface area contributed by atoms with Crippen molar-refractivity contribution in [3.8, 4) is 0 Å². The number of aromatic nitrogens is 3. The summed E-state index contributed by atoms with van der Waals surface area (Å²) in [6.45, 7) is 6.58. The second-order valence-corrected chi connectivity index (χ2v) is 4.46. The van der Waals surface area contributed by atoms with Gasteiger partial charge in [-0.3, -0.25) is 0 Å². The average Bonchev–Trinajstić information content (AvgIpc) is 2.66. The molecule has 2 rings (SSSR count). The van der Waals surface area contributed by atoms with Crippen molar-refractivity contribution in [3.63, 3.8) is 0 Å². The second kappa shape index (κ2) is 4.75. The lowest BCUT2D eigenvalue weighted by atomic mass is 9.92. The van der Waals surface area contributed by atoms with Crippen LogP contribution >= 0.6 is 0 Å². The van der Waals surface area contributed by atoms with Crippen LogP contribution in [0.4, 0.5) is 0 Å². The minimum absolute atomic E-state index is 0.593. The average molecular weight is 208 g/mol. The summed E-state index contributed by atoms with van der Waals surface area (Å²) in [5, 5.41) is 11.8. The van der Waals surface area contributed by atoms with E-state index in [4.69, 9.17) is 0 Å². The number of nitrogens with one attached hydrogen (secondary N) is 1. The highest BCUT2D eigenvalue weighted by molar-refractivity contribution is 5.00. The van der Waals surface area contributed by atoms with E-state index in [-0.39, 0.29) is 0 Å². The highest BCUT2D eigenvalue weighted by Crippen LogP contribution is 2.25. The minimum Gasteiger partial charge on any atom is -0.317 e. The Morgan fingerprint density at radius 2 is 2.47 bits per heavy atom. The summed E-state index contributed by atoms with van der Waals surface area (Å²) in [5.74, 6) is 1.78. The standard InChI is InChI=1S/C11H20N4/c1-3-6-15-8-13-14-11(15)10-4-5-12-9(2)7-10/h8-10,12H,3-7H2,1-2H3. The van der Waals surface area contributed by atoms with Crippen LogP contribution in [0.15, 0.2) is 6.33 Å². The number of aryl methyl sites for hydroxylation is 1. The van der Waals surface area contributed by atoms with Gasteiger partial charge in [0, 0.05) is 18.5 Å². The van der Waals surface area contributed by atoms with Gasteiger partial charge >= 0.3 is 0 Å². The Morgan fingerprint density at radius 3 is 3.20 bits per heavy atom. The SMILES string of the molecule is CCCn1cnnc1C1CCNC(C)C1. The Bertz CT molecular complexity index is 307. The quantitative estimate of drug-likeness (QED) is 0.819. The first-order chi connectivity index (χ1) is 7.31. The molecule has 0 radical (unpaired) electrons. The molecule has 1 saturated heterocycles. The van der Waals surface area contributed by atoms with Gasteiger partial charge in [-0.2, -0.15) is 0 Å². The van der Waals surface area contributed by atoms with Gasteiger partial charge in [-0.05, 0) is 32.7 Å². The molecule has 1 aromatic rings. The van der Waals surface area contributed by atoms with Gasteiger partial charge in [-0.25, -0.2) is 0 Å². The molecule has 2 atom stereocenters. The Morgan fingerprint density at radius 1 is 1.60 bits per heavy atom. The van der Waals surface area contributed by atoms with Gasteiger partial charge in [0.1, 0.15) is 12.2 Å². The zero-order valence-electron chi connectivity index (χ0n) is 9.61. The lowest BCUT2D eigenvalue weighted by molar-refractivity contribution is 0.362. The lowest BCUT2D eigenvalue weighted by Crippen LogP contribution is -2.35. The Kier molecular flexibility index (Phi) is 3.36. The van der Waals surface area contributed by atoms with Gasteiger partial charge in [0.2, 0.25) is 0 Å². The molecular weight excluding hydrogens is 188 g/mol. The maximum Gasteiger partial charge on any atom is 0.136 e. The predicted molar refractivity (Wildman–Crippen MR) is 59.8 cm³/mol. The largest absolute Gasteiger partial charge is 0.317 e. The fourth-order valence-electron chi connectivity index (χ4n) is 2.36. The van der Waals surface area contributed by atoms with Crippen LogP contribution in [0.5, 0.6) is 0 Å². The van der Waals surface area contributed by atoms with Crippen molar-refractivity contribution in [2.24, 2.45) is 0 Å². The number of hydrogen-bond acceptors (Lipinski definition) is 3. The zero-order valence-corrected chi connectivity index (χ0v) is 9.61. The summed E-state index contributed by atoms with van der Waals surface area (Å²) in [4.78, 5) is 0. The van der Waals surface area contributed by atoms with E-state index < -0.39 is 0 Å². The van der Waals surface area contributed by atoms with E-state index in [2.05, 4.69) is 33.9 Å². The van der Waals surface area contributed by atoms with Crippen LogP contribution < -0.4 is 5.32 Å². The normalized spacial score (nSPS) is 26.8. The number of rotatable bonds is 3. The summed E-state index contributed by atoms with van der Waals surface area (Å²) >= 11 is 0. The lowest BCUT2D eigenvalue weighted by Gasteiger charge is -2.27. The molecule has 0 aromatic carbocycles. The van der Waals surface area contributed by atoms with Crippen LogP contribution in [-0.2, 0) is 6.54 Å². The van der Waals surface area contributed by atoms with Crippen molar-refractivity contribution >= 4 is 0 Å². The smallest absolute Gasteiger partial charge is 0.136 e. The van der Waals surface area contributed by atoms with Crippen LogP contribution in [0.2, 0.25) is 0 Å². The molecule has 4 nitrogen and oxygen atoms in total. The summed E-state index contributed by atoms with van der Waals surface area (Å²) < 4.78 is 2.21. The van der Waals surface area contributed by atoms with E-state index in [1.807, 2.05) is 6.33 Å². The van der Waals surface area contributed by atoms with E-state index >= 15 is 0 Å². The first-order valence-corrected chi connectivity index (χ1v) is 5.92. The Hall–Kier alpha value is -0.900. The van der Waals surface area contributed by atoms with Gasteiger partial charge in [0.25, 0.3) is 0 Å². The molecule has 0 saturated carbocycles. The van der Waals surface area contributed by atoms with E-state index in [1.165, 1.54) is 18.7 Å². The molecule has 84 valence electrons. The minimum atomic E-state index is 0.593. The molecule has 1 aliphatic rings. The summed E-state index contributed by atoms with van der Waals surface area (Å²) in [7, 11) is 0. The van der Waals surface area contributed by atoms with Gasteiger partial charge < -0.3 is 9.88 Å². The fraction of sp³-hybridized carbons (Fsp3) is 0.818. The Labute approximate surface area is 91.1 Å². The van der Waals surface area contributed by atoms with E-state index in [1.54, 1.807) is 0 Å². The van der Waals surface area contributed by atoms with Crippen molar-refractivity contribution in [3.05, 3.63) is 12.2 Å². The molecule has 0 amide bonds. The van der Waals surface area contributed by atoms with Crippen molar-refractivity contribution in [2.75, 3.05) is 6.54 Å². The van der Waals surface area contributed by atoms with Crippen LogP contribution in [0.25, 0.3) is 0 Å². The maximum atomic E-state index is 4.28. The molecule has 0 aliphatic carbocycles. The molecule has 1 aliphatic heterocycles. The number of hydrogen-bond donors (Lipinski definition) is 1. The van der Waals surface area contributed by atoms with E-state index in [0.29, 0.717) is 12.0 Å². The highest BCUT2D eigenvalue weighted by atomic mass is 15.3. The van der Waals surface area contributed by atoms with Crippen molar-refractivity contribution in [2.45, 2.75) is 51.6 Å². The topological polar surface area (TPSA) is 42.7 Å². The van der Waals surface area contributed by atoms with Crippen molar-refractivity contribution in [1.29, 1.82) is 0 Å². The van der Waals surface area contributed by atoms with Gasteiger partial charge in [0.05, 0.1) is 0 Å². The molecule has 4 heteroatoms. The summed E-state index contributed by atoms with van der Waals surface area (Å²) in [5.41, 5.74) is 0. The van der Waals surface area contributed by atoms with Gasteiger partial charge in [-0.1, -0.05) is 6.92 Å². The van der Waals surface area contributed by atoms with Crippen molar-refractivity contribution < 1.29 is 0 Å². The third-order valence-electron chi connectivity index (χ3n) is 3.10. The zero-order chi connectivity index (χ0) is 10.7. The molecule has 0 bridgehead atoms. The number of piperidine rings is 1. The molecule has 1 N–H and O–H groups in total. The monoisotopic (exact) mass is 208 g/mol. The third-order valence-corrected chi connectivity index (χ3v) is 3.10. The molecule has 15 heavy (non-hydrogen) atoms. The highest BCUT2D eigenvalue weighted by Gasteiger charge is 2.23. The maximum absolute atomic E-state index is 4.28.